The molecule has 4 nitrogen and oxygen atoms in total. The molecule has 1 aliphatic rings. The summed E-state index contributed by atoms with van der Waals surface area (Å²) in [5.41, 5.74) is 1.73. The zero-order chi connectivity index (χ0) is 15.7. The lowest BCUT2D eigenvalue weighted by molar-refractivity contribution is 0.0851. The van der Waals surface area contributed by atoms with Gasteiger partial charge in [0.25, 0.3) is 0 Å². The first-order valence-electron chi connectivity index (χ1n) is 7.97. The predicted molar refractivity (Wildman–Crippen MR) is 88.6 cm³/mol. The third kappa shape index (κ3) is 3.02. The van der Waals surface area contributed by atoms with E-state index in [1.54, 1.807) is 7.11 Å². The first kappa shape index (κ1) is 15.1. The van der Waals surface area contributed by atoms with Gasteiger partial charge in [-0.05, 0) is 30.4 Å². The number of methoxy groups -OCH3 is 1. The Hall–Kier alpha value is -1.81. The average molecular weight is 300 g/mol. The molecular weight excluding hydrogens is 276 g/mol. The minimum Gasteiger partial charge on any atom is -0.497 e. The Morgan fingerprint density at radius 2 is 2.05 bits per heavy atom. The number of nitrogens with one attached hydrogen (secondary N) is 1. The fourth-order valence-corrected chi connectivity index (χ4v) is 3.67. The van der Waals surface area contributed by atoms with E-state index in [4.69, 9.17) is 4.74 Å². The molecule has 0 spiro atoms. The number of hydrogen-bond donors (Lipinski definition) is 1. The van der Waals surface area contributed by atoms with Crippen molar-refractivity contribution in [1.29, 1.82) is 0 Å². The van der Waals surface area contributed by atoms with Crippen LogP contribution >= 0.6 is 0 Å². The summed E-state index contributed by atoms with van der Waals surface area (Å²) in [4.78, 5) is 18.1. The summed E-state index contributed by atoms with van der Waals surface area (Å²) in [6, 6.07) is 5.79. The summed E-state index contributed by atoms with van der Waals surface area (Å²) in [6.07, 6.45) is 3.08. The van der Waals surface area contributed by atoms with E-state index in [9.17, 15) is 4.79 Å². The van der Waals surface area contributed by atoms with Crippen molar-refractivity contribution in [3.8, 4) is 5.75 Å². The lowest BCUT2D eigenvalue weighted by Gasteiger charge is -2.34. The zero-order valence-corrected chi connectivity index (χ0v) is 13.6. The second kappa shape index (κ2) is 6.13. The number of carbonyl (C=O) groups excluding carboxylic acids is 1. The van der Waals surface area contributed by atoms with Crippen molar-refractivity contribution in [2.24, 2.45) is 11.8 Å². The molecule has 2 atom stereocenters. The van der Waals surface area contributed by atoms with E-state index < -0.39 is 0 Å². The molecule has 0 unspecified atom stereocenters. The van der Waals surface area contributed by atoms with Crippen LogP contribution in [0.3, 0.4) is 0 Å². The number of nitrogens with zero attached hydrogens (tertiary/aromatic N) is 1. The van der Waals surface area contributed by atoms with Crippen molar-refractivity contribution >= 4 is 16.7 Å². The van der Waals surface area contributed by atoms with Gasteiger partial charge in [0, 0.05) is 41.8 Å². The van der Waals surface area contributed by atoms with E-state index in [-0.39, 0.29) is 5.78 Å². The first-order chi connectivity index (χ1) is 10.6. The number of benzene rings is 1. The van der Waals surface area contributed by atoms with Crippen molar-refractivity contribution < 1.29 is 9.53 Å². The molecule has 0 bridgehead atoms. The van der Waals surface area contributed by atoms with Crippen molar-refractivity contribution in [1.82, 2.24) is 9.88 Å². The number of rotatable bonds is 4. The van der Waals surface area contributed by atoms with E-state index >= 15 is 0 Å². The Kier molecular flexibility index (Phi) is 4.21. The molecular formula is C18H24N2O2. The molecule has 0 aliphatic carbocycles. The van der Waals surface area contributed by atoms with Gasteiger partial charge >= 0.3 is 0 Å². The second-order valence-electron chi connectivity index (χ2n) is 6.68. The molecule has 2 heterocycles. The number of ether oxygens (including phenoxy) is 1. The standard InChI is InChI=1S/C18H24N2O2/c1-12-6-13(2)10-20(9-12)11-18(21)16-8-19-17-7-14(22-3)4-5-15(16)17/h4-5,7-8,12-13,19H,6,9-11H2,1-3H3/t12-,13+. The van der Waals surface area contributed by atoms with Gasteiger partial charge in [0.05, 0.1) is 13.7 Å². The molecule has 2 aromatic rings. The van der Waals surface area contributed by atoms with Gasteiger partial charge in [-0.1, -0.05) is 13.8 Å². The van der Waals surface area contributed by atoms with E-state index in [1.165, 1.54) is 6.42 Å². The molecule has 1 N–H and O–H groups in total. The minimum atomic E-state index is 0.192. The highest BCUT2D eigenvalue weighted by atomic mass is 16.5. The van der Waals surface area contributed by atoms with E-state index in [0.717, 1.165) is 35.3 Å². The van der Waals surface area contributed by atoms with Gasteiger partial charge in [-0.25, -0.2) is 0 Å². The fraction of sp³-hybridized carbons (Fsp3) is 0.500. The fourth-order valence-electron chi connectivity index (χ4n) is 3.67. The van der Waals surface area contributed by atoms with Gasteiger partial charge in [-0.2, -0.15) is 0 Å². The highest BCUT2D eigenvalue weighted by Gasteiger charge is 2.24. The number of hydrogen-bond acceptors (Lipinski definition) is 3. The summed E-state index contributed by atoms with van der Waals surface area (Å²) in [7, 11) is 1.65. The zero-order valence-electron chi connectivity index (χ0n) is 13.6. The number of H-pyrrole nitrogens is 1. The molecule has 0 amide bonds. The number of aromatic amines is 1. The summed E-state index contributed by atoms with van der Waals surface area (Å²) < 4.78 is 5.22. The maximum atomic E-state index is 12.7. The highest BCUT2D eigenvalue weighted by molar-refractivity contribution is 6.09. The Labute approximate surface area is 131 Å². The van der Waals surface area contributed by atoms with Crippen molar-refractivity contribution in [3.63, 3.8) is 0 Å². The van der Waals surface area contributed by atoms with Crippen LogP contribution in [0, 0.1) is 11.8 Å². The van der Waals surface area contributed by atoms with Crippen LogP contribution in [-0.4, -0.2) is 42.4 Å². The Morgan fingerprint density at radius 1 is 1.32 bits per heavy atom. The topological polar surface area (TPSA) is 45.3 Å². The van der Waals surface area contributed by atoms with Crippen LogP contribution in [0.25, 0.3) is 10.9 Å². The van der Waals surface area contributed by atoms with Gasteiger partial charge in [0.15, 0.2) is 5.78 Å². The molecule has 118 valence electrons. The number of fused-ring (bicyclic) bond motifs is 1. The van der Waals surface area contributed by atoms with Crippen LogP contribution < -0.4 is 4.74 Å². The van der Waals surface area contributed by atoms with Gasteiger partial charge in [0.1, 0.15) is 5.75 Å². The number of aromatic nitrogens is 1. The minimum absolute atomic E-state index is 0.192. The average Bonchev–Trinajstić information content (AvgIpc) is 2.88. The number of Topliss-reactive ketones (excluding diaryl/α,β-unsaturated/α-hetero) is 1. The number of piperidine rings is 1. The van der Waals surface area contributed by atoms with Crippen LogP contribution in [0.15, 0.2) is 24.4 Å². The lowest BCUT2D eigenvalue weighted by Crippen LogP contribution is -2.41. The highest BCUT2D eigenvalue weighted by Crippen LogP contribution is 2.25. The lowest BCUT2D eigenvalue weighted by atomic mass is 9.91. The van der Waals surface area contributed by atoms with Crippen LogP contribution in [-0.2, 0) is 0 Å². The third-order valence-electron chi connectivity index (χ3n) is 4.50. The summed E-state index contributed by atoms with van der Waals surface area (Å²) >= 11 is 0. The Morgan fingerprint density at radius 3 is 2.73 bits per heavy atom. The van der Waals surface area contributed by atoms with E-state index in [0.29, 0.717) is 18.4 Å². The molecule has 1 saturated heterocycles. The molecule has 0 saturated carbocycles. The normalized spacial score (nSPS) is 22.9. The summed E-state index contributed by atoms with van der Waals surface area (Å²) in [5.74, 6) is 2.33. The maximum absolute atomic E-state index is 12.7. The smallest absolute Gasteiger partial charge is 0.178 e. The summed E-state index contributed by atoms with van der Waals surface area (Å²) in [6.45, 7) is 7.09. The number of likely N-dealkylation sites (tertiary alicyclic amines) is 1. The molecule has 3 rings (SSSR count). The van der Waals surface area contributed by atoms with Gasteiger partial charge in [0.2, 0.25) is 0 Å². The van der Waals surface area contributed by atoms with Gasteiger partial charge < -0.3 is 9.72 Å². The van der Waals surface area contributed by atoms with Crippen molar-refractivity contribution in [2.45, 2.75) is 20.3 Å². The monoisotopic (exact) mass is 300 g/mol. The van der Waals surface area contributed by atoms with Gasteiger partial charge in [-0.3, -0.25) is 9.69 Å². The number of ketones is 1. The predicted octanol–water partition coefficient (Wildman–Crippen LogP) is 3.34. The Bertz CT molecular complexity index is 667. The second-order valence-corrected chi connectivity index (χ2v) is 6.68. The number of carbonyl (C=O) groups is 1. The maximum Gasteiger partial charge on any atom is 0.178 e. The summed E-state index contributed by atoms with van der Waals surface area (Å²) in [5, 5.41) is 0.976. The van der Waals surface area contributed by atoms with Crippen LogP contribution in [0.5, 0.6) is 5.75 Å². The van der Waals surface area contributed by atoms with E-state index in [2.05, 4.69) is 23.7 Å². The van der Waals surface area contributed by atoms with E-state index in [1.807, 2.05) is 24.4 Å². The van der Waals surface area contributed by atoms with Crippen LogP contribution in [0.4, 0.5) is 0 Å². The largest absolute Gasteiger partial charge is 0.497 e. The van der Waals surface area contributed by atoms with Crippen LogP contribution in [0.1, 0.15) is 30.6 Å². The first-order valence-corrected chi connectivity index (χ1v) is 7.97. The SMILES string of the molecule is COc1ccc2c(C(=O)CN3C[C@H](C)C[C@H](C)C3)c[nH]c2c1. The molecule has 22 heavy (non-hydrogen) atoms. The molecule has 0 radical (unpaired) electrons. The molecule has 1 aromatic carbocycles. The third-order valence-corrected chi connectivity index (χ3v) is 4.50. The molecule has 1 aliphatic heterocycles. The quantitative estimate of drug-likeness (QED) is 0.881. The van der Waals surface area contributed by atoms with Crippen molar-refractivity contribution in [3.05, 3.63) is 30.0 Å². The van der Waals surface area contributed by atoms with Gasteiger partial charge in [-0.15, -0.1) is 0 Å². The molecule has 4 heteroatoms. The Balaban J connectivity index is 1.77. The van der Waals surface area contributed by atoms with Crippen LogP contribution in [0.2, 0.25) is 0 Å². The molecule has 1 aromatic heterocycles. The molecule has 1 fully saturated rings. The van der Waals surface area contributed by atoms with Crippen molar-refractivity contribution in [2.75, 3.05) is 26.7 Å².